The molecule has 19 heavy (non-hydrogen) atoms. The van der Waals surface area contributed by atoms with E-state index in [1.165, 1.54) is 0 Å². The molecule has 0 saturated carbocycles. The van der Waals surface area contributed by atoms with Crippen LogP contribution < -0.4 is 15.1 Å². The second-order valence-corrected chi connectivity index (χ2v) is 5.51. The normalized spacial score (nSPS) is 15.4. The molecule has 7 heteroatoms. The second kappa shape index (κ2) is 6.79. The molecule has 2 heterocycles. The average molecular weight is 282 g/mol. The molecule has 1 aromatic heterocycles. The highest BCUT2D eigenvalue weighted by atomic mass is 32.2. The van der Waals surface area contributed by atoms with Gasteiger partial charge in [-0.2, -0.15) is 26.7 Å². The zero-order chi connectivity index (χ0) is 13.7. The Morgan fingerprint density at radius 3 is 2.42 bits per heavy atom. The molecule has 2 rings (SSSR count). The molecule has 1 fully saturated rings. The van der Waals surface area contributed by atoms with Gasteiger partial charge in [-0.3, -0.25) is 0 Å². The molecule has 0 radical (unpaired) electrons. The number of hydrogen-bond donors (Lipinski definition) is 1. The van der Waals surface area contributed by atoms with Gasteiger partial charge < -0.3 is 15.1 Å². The standard InChI is InChI=1S/C12H22N6S/c1-4-17(5-2)11-14-10(13-3)15-12(16-11)18-6-8-19-9-7-18/h4-9H2,1-3H3,(H,13,14,15,16). The number of thioether (sulfide) groups is 1. The third kappa shape index (κ3) is 3.40. The second-order valence-electron chi connectivity index (χ2n) is 4.28. The summed E-state index contributed by atoms with van der Waals surface area (Å²) in [5.41, 5.74) is 0. The number of nitrogens with zero attached hydrogens (tertiary/aromatic N) is 5. The molecule has 0 spiro atoms. The Hall–Kier alpha value is -1.24. The lowest BCUT2D eigenvalue weighted by atomic mass is 10.5. The van der Waals surface area contributed by atoms with Crippen LogP contribution in [0.1, 0.15) is 13.8 Å². The van der Waals surface area contributed by atoms with Gasteiger partial charge in [0.15, 0.2) is 0 Å². The summed E-state index contributed by atoms with van der Waals surface area (Å²) in [6.07, 6.45) is 0. The summed E-state index contributed by atoms with van der Waals surface area (Å²) in [5, 5.41) is 3.03. The molecule has 1 N–H and O–H groups in total. The molecule has 0 atom stereocenters. The van der Waals surface area contributed by atoms with Crippen molar-refractivity contribution in [1.82, 2.24) is 15.0 Å². The van der Waals surface area contributed by atoms with Crippen LogP contribution in [0.5, 0.6) is 0 Å². The van der Waals surface area contributed by atoms with Crippen LogP contribution in [0, 0.1) is 0 Å². The molecule has 1 aliphatic rings. The predicted octanol–water partition coefficient (Wildman–Crippen LogP) is 1.31. The van der Waals surface area contributed by atoms with Crippen molar-refractivity contribution in [2.45, 2.75) is 13.8 Å². The van der Waals surface area contributed by atoms with E-state index in [2.05, 4.69) is 43.9 Å². The third-order valence-electron chi connectivity index (χ3n) is 3.18. The minimum Gasteiger partial charge on any atom is -0.357 e. The molecule has 1 aromatic rings. The first kappa shape index (κ1) is 14.2. The minimum atomic E-state index is 0.644. The molecular weight excluding hydrogens is 260 g/mol. The van der Waals surface area contributed by atoms with E-state index in [1.54, 1.807) is 0 Å². The Bertz CT molecular complexity index is 403. The summed E-state index contributed by atoms with van der Waals surface area (Å²) >= 11 is 1.98. The summed E-state index contributed by atoms with van der Waals surface area (Å²) < 4.78 is 0. The van der Waals surface area contributed by atoms with E-state index in [-0.39, 0.29) is 0 Å². The summed E-state index contributed by atoms with van der Waals surface area (Å²) in [6, 6.07) is 0. The van der Waals surface area contributed by atoms with E-state index >= 15 is 0 Å². The molecule has 106 valence electrons. The maximum Gasteiger partial charge on any atom is 0.232 e. The Morgan fingerprint density at radius 1 is 1.16 bits per heavy atom. The SMILES string of the molecule is CCN(CC)c1nc(NC)nc(N2CCSCC2)n1. The van der Waals surface area contributed by atoms with Crippen LogP contribution in [0.2, 0.25) is 0 Å². The molecule has 0 amide bonds. The van der Waals surface area contributed by atoms with Crippen LogP contribution in [0.25, 0.3) is 0 Å². The Labute approximate surface area is 119 Å². The van der Waals surface area contributed by atoms with Crippen LogP contribution in [0.4, 0.5) is 17.8 Å². The van der Waals surface area contributed by atoms with Crippen molar-refractivity contribution in [2.24, 2.45) is 0 Å². The van der Waals surface area contributed by atoms with Crippen LogP contribution in [0.15, 0.2) is 0 Å². The van der Waals surface area contributed by atoms with Gasteiger partial charge in [0.05, 0.1) is 0 Å². The van der Waals surface area contributed by atoms with E-state index in [4.69, 9.17) is 0 Å². The monoisotopic (exact) mass is 282 g/mol. The number of rotatable bonds is 5. The molecule has 0 aromatic carbocycles. The Morgan fingerprint density at radius 2 is 1.84 bits per heavy atom. The molecule has 0 unspecified atom stereocenters. The lowest BCUT2D eigenvalue weighted by Crippen LogP contribution is -2.35. The molecule has 0 bridgehead atoms. The van der Waals surface area contributed by atoms with Gasteiger partial charge in [-0.15, -0.1) is 0 Å². The molecule has 6 nitrogen and oxygen atoms in total. The number of aromatic nitrogens is 3. The van der Waals surface area contributed by atoms with Gasteiger partial charge in [0.25, 0.3) is 0 Å². The van der Waals surface area contributed by atoms with E-state index in [9.17, 15) is 0 Å². The van der Waals surface area contributed by atoms with E-state index in [1.807, 2.05) is 18.8 Å². The zero-order valence-electron chi connectivity index (χ0n) is 11.9. The van der Waals surface area contributed by atoms with Gasteiger partial charge in [0, 0.05) is 44.7 Å². The van der Waals surface area contributed by atoms with Crippen LogP contribution in [-0.2, 0) is 0 Å². The summed E-state index contributed by atoms with van der Waals surface area (Å²) in [7, 11) is 1.84. The highest BCUT2D eigenvalue weighted by Crippen LogP contribution is 2.19. The topological polar surface area (TPSA) is 57.2 Å². The maximum absolute atomic E-state index is 4.63. The third-order valence-corrected chi connectivity index (χ3v) is 4.12. The average Bonchev–Trinajstić information content (AvgIpc) is 2.49. The van der Waals surface area contributed by atoms with E-state index in [0.717, 1.165) is 49.6 Å². The quantitative estimate of drug-likeness (QED) is 0.874. The van der Waals surface area contributed by atoms with Crippen LogP contribution in [-0.4, -0.2) is 59.7 Å². The lowest BCUT2D eigenvalue weighted by Gasteiger charge is -2.27. The molecule has 1 aliphatic heterocycles. The van der Waals surface area contributed by atoms with Crippen molar-refractivity contribution in [2.75, 3.05) is 59.8 Å². The summed E-state index contributed by atoms with van der Waals surface area (Å²) in [5.74, 6) is 4.48. The fourth-order valence-corrected chi connectivity index (χ4v) is 2.92. The van der Waals surface area contributed by atoms with Crippen molar-refractivity contribution in [3.8, 4) is 0 Å². The smallest absolute Gasteiger partial charge is 0.232 e. The first-order valence-corrected chi connectivity index (χ1v) is 7.95. The van der Waals surface area contributed by atoms with Crippen molar-refractivity contribution in [3.63, 3.8) is 0 Å². The Balaban J connectivity index is 2.29. The summed E-state index contributed by atoms with van der Waals surface area (Å²) in [6.45, 7) is 8.05. The number of hydrogen-bond acceptors (Lipinski definition) is 7. The molecule has 1 saturated heterocycles. The van der Waals surface area contributed by atoms with Gasteiger partial charge >= 0.3 is 0 Å². The van der Waals surface area contributed by atoms with E-state index < -0.39 is 0 Å². The van der Waals surface area contributed by atoms with E-state index in [0.29, 0.717) is 5.95 Å². The lowest BCUT2D eigenvalue weighted by molar-refractivity contribution is 0.776. The summed E-state index contributed by atoms with van der Waals surface area (Å²) in [4.78, 5) is 17.9. The van der Waals surface area contributed by atoms with Gasteiger partial charge in [-0.1, -0.05) is 0 Å². The fraction of sp³-hybridized carbons (Fsp3) is 0.750. The minimum absolute atomic E-state index is 0.644. The van der Waals surface area contributed by atoms with Crippen molar-refractivity contribution >= 4 is 29.6 Å². The van der Waals surface area contributed by atoms with Gasteiger partial charge in [-0.05, 0) is 13.8 Å². The first-order chi connectivity index (χ1) is 9.28. The van der Waals surface area contributed by atoms with Crippen molar-refractivity contribution in [3.05, 3.63) is 0 Å². The first-order valence-electron chi connectivity index (χ1n) is 6.80. The zero-order valence-corrected chi connectivity index (χ0v) is 12.7. The number of nitrogens with one attached hydrogen (secondary N) is 1. The number of anilines is 3. The Kier molecular flexibility index (Phi) is 5.07. The molecule has 0 aliphatic carbocycles. The largest absolute Gasteiger partial charge is 0.357 e. The highest BCUT2D eigenvalue weighted by Gasteiger charge is 2.17. The van der Waals surface area contributed by atoms with Crippen molar-refractivity contribution < 1.29 is 0 Å². The van der Waals surface area contributed by atoms with Crippen molar-refractivity contribution in [1.29, 1.82) is 0 Å². The van der Waals surface area contributed by atoms with Crippen LogP contribution >= 0.6 is 11.8 Å². The van der Waals surface area contributed by atoms with Crippen LogP contribution in [0.3, 0.4) is 0 Å². The van der Waals surface area contributed by atoms with Gasteiger partial charge in [0.1, 0.15) is 0 Å². The van der Waals surface area contributed by atoms with Gasteiger partial charge in [0.2, 0.25) is 17.8 Å². The maximum atomic E-state index is 4.63. The highest BCUT2D eigenvalue weighted by molar-refractivity contribution is 7.99. The fourth-order valence-electron chi connectivity index (χ4n) is 2.02. The predicted molar refractivity (Wildman–Crippen MR) is 82.5 cm³/mol. The molecular formula is C12H22N6S. The van der Waals surface area contributed by atoms with Gasteiger partial charge in [-0.25, -0.2) is 0 Å².